The minimum Gasteiger partial charge on any atom is -0.378 e. The van der Waals surface area contributed by atoms with Crippen LogP contribution in [0.3, 0.4) is 0 Å². The third kappa shape index (κ3) is 1.93. The fraction of sp³-hybridized carbons (Fsp3) is 0.714. The van der Waals surface area contributed by atoms with Crippen molar-refractivity contribution < 1.29 is 4.74 Å². The second-order valence-corrected chi connectivity index (χ2v) is 5.67. The van der Waals surface area contributed by atoms with Crippen LogP contribution in [-0.4, -0.2) is 22.7 Å². The molecular formula is C14H19N3O. The molecule has 0 aromatic carbocycles. The molecule has 3 heterocycles. The van der Waals surface area contributed by atoms with Gasteiger partial charge in [-0.3, -0.25) is 0 Å². The molecule has 18 heavy (non-hydrogen) atoms. The maximum absolute atomic E-state index is 5.70. The van der Waals surface area contributed by atoms with Gasteiger partial charge >= 0.3 is 0 Å². The third-order valence-corrected chi connectivity index (χ3v) is 4.16. The first-order valence-corrected chi connectivity index (χ1v) is 7.11. The van der Waals surface area contributed by atoms with Crippen LogP contribution in [-0.2, 0) is 24.2 Å². The van der Waals surface area contributed by atoms with Crippen LogP contribution in [0.2, 0.25) is 0 Å². The summed E-state index contributed by atoms with van der Waals surface area (Å²) < 4.78 is 5.70. The summed E-state index contributed by atoms with van der Waals surface area (Å²) in [6.07, 6.45) is 6.22. The van der Waals surface area contributed by atoms with Gasteiger partial charge in [-0.05, 0) is 25.7 Å². The fourth-order valence-electron chi connectivity index (χ4n) is 3.04. The summed E-state index contributed by atoms with van der Waals surface area (Å²) in [5.41, 5.74) is 3.95. The zero-order valence-electron chi connectivity index (χ0n) is 10.6. The van der Waals surface area contributed by atoms with Crippen LogP contribution in [0.25, 0.3) is 0 Å². The van der Waals surface area contributed by atoms with E-state index in [1.54, 1.807) is 0 Å². The molecule has 4 heteroatoms. The Kier molecular flexibility index (Phi) is 2.59. The maximum Gasteiger partial charge on any atom is 0.131 e. The van der Waals surface area contributed by atoms with E-state index >= 15 is 0 Å². The van der Waals surface area contributed by atoms with Gasteiger partial charge in [0.05, 0.1) is 17.5 Å². The molecule has 2 aliphatic heterocycles. The first kappa shape index (κ1) is 10.9. The highest BCUT2D eigenvalue weighted by atomic mass is 16.5. The van der Waals surface area contributed by atoms with Crippen LogP contribution in [0.15, 0.2) is 0 Å². The lowest BCUT2D eigenvalue weighted by atomic mass is 10.1. The number of aromatic nitrogens is 2. The van der Waals surface area contributed by atoms with Crippen molar-refractivity contribution in [3.05, 3.63) is 22.8 Å². The molecule has 0 amide bonds. The molecule has 1 aromatic rings. The third-order valence-electron chi connectivity index (χ3n) is 4.16. The monoisotopic (exact) mass is 245 g/mol. The zero-order chi connectivity index (χ0) is 11.9. The first-order valence-electron chi connectivity index (χ1n) is 7.11. The molecule has 3 aliphatic rings. The van der Waals surface area contributed by atoms with Crippen LogP contribution >= 0.6 is 0 Å². The van der Waals surface area contributed by atoms with E-state index in [4.69, 9.17) is 14.7 Å². The Morgan fingerprint density at radius 3 is 2.89 bits per heavy atom. The van der Waals surface area contributed by atoms with Crippen LogP contribution in [0.5, 0.6) is 0 Å². The molecule has 2 fully saturated rings. The number of nitrogens with zero attached hydrogens (tertiary/aromatic N) is 2. The number of fused-ring (bicyclic) bond motifs is 1. The molecule has 4 rings (SSSR count). The van der Waals surface area contributed by atoms with Gasteiger partial charge < -0.3 is 10.1 Å². The molecule has 4 nitrogen and oxygen atoms in total. The SMILES string of the molecule is C1COC(Cc2nc3c(c(C4CC4)n2)CNC3)C1. The average molecular weight is 245 g/mol. The number of hydrogen-bond acceptors (Lipinski definition) is 4. The van der Waals surface area contributed by atoms with E-state index in [2.05, 4.69) is 5.32 Å². The fourth-order valence-corrected chi connectivity index (χ4v) is 3.04. The van der Waals surface area contributed by atoms with E-state index in [9.17, 15) is 0 Å². The maximum atomic E-state index is 5.70. The van der Waals surface area contributed by atoms with Gasteiger partial charge in [0, 0.05) is 37.6 Å². The van der Waals surface area contributed by atoms with E-state index < -0.39 is 0 Å². The van der Waals surface area contributed by atoms with Gasteiger partial charge in [0.25, 0.3) is 0 Å². The van der Waals surface area contributed by atoms with Crippen LogP contribution in [0.4, 0.5) is 0 Å². The first-order chi connectivity index (χ1) is 8.90. The van der Waals surface area contributed by atoms with Crippen molar-refractivity contribution in [3.63, 3.8) is 0 Å². The van der Waals surface area contributed by atoms with E-state index in [1.807, 2.05) is 0 Å². The molecule has 1 aromatic heterocycles. The molecule has 1 N–H and O–H groups in total. The largest absolute Gasteiger partial charge is 0.378 e. The molecule has 0 spiro atoms. The molecular weight excluding hydrogens is 226 g/mol. The Labute approximate surface area is 107 Å². The Balaban J connectivity index is 1.64. The Hall–Kier alpha value is -1.00. The summed E-state index contributed by atoms with van der Waals surface area (Å²) in [6, 6.07) is 0. The molecule has 0 radical (unpaired) electrons. The molecule has 1 saturated heterocycles. The normalized spacial score (nSPS) is 26.6. The van der Waals surface area contributed by atoms with E-state index in [0.717, 1.165) is 38.4 Å². The lowest BCUT2D eigenvalue weighted by molar-refractivity contribution is 0.110. The minimum absolute atomic E-state index is 0.351. The summed E-state index contributed by atoms with van der Waals surface area (Å²) in [5.74, 6) is 1.72. The van der Waals surface area contributed by atoms with E-state index in [0.29, 0.717) is 12.0 Å². The second-order valence-electron chi connectivity index (χ2n) is 5.67. The molecule has 1 atom stereocenters. The van der Waals surface area contributed by atoms with Gasteiger partial charge in [0.2, 0.25) is 0 Å². The topological polar surface area (TPSA) is 47.0 Å². The van der Waals surface area contributed by atoms with Gasteiger partial charge in [-0.1, -0.05) is 0 Å². The lowest BCUT2D eigenvalue weighted by Crippen LogP contribution is -2.14. The summed E-state index contributed by atoms with van der Waals surface area (Å²) in [4.78, 5) is 9.57. The van der Waals surface area contributed by atoms with Gasteiger partial charge in [-0.25, -0.2) is 9.97 Å². The van der Waals surface area contributed by atoms with E-state index in [-0.39, 0.29) is 0 Å². The molecule has 1 saturated carbocycles. The Morgan fingerprint density at radius 2 is 2.11 bits per heavy atom. The summed E-state index contributed by atoms with van der Waals surface area (Å²) >= 11 is 0. The minimum atomic E-state index is 0.351. The van der Waals surface area contributed by atoms with Crippen molar-refractivity contribution >= 4 is 0 Å². The molecule has 1 unspecified atom stereocenters. The second kappa shape index (κ2) is 4.28. The van der Waals surface area contributed by atoms with Crippen molar-refractivity contribution in [2.75, 3.05) is 6.61 Å². The summed E-state index contributed by atoms with van der Waals surface area (Å²) in [5, 5.41) is 3.40. The molecule has 96 valence electrons. The highest BCUT2D eigenvalue weighted by Gasteiger charge is 2.31. The number of ether oxygens (including phenoxy) is 1. The standard InChI is InChI=1S/C14H19N3O/c1-2-10(18-5-1)6-13-16-12-8-15-7-11(12)14(17-13)9-3-4-9/h9-10,15H,1-8H2. The number of nitrogens with one attached hydrogen (secondary N) is 1. The van der Waals surface area contributed by atoms with Gasteiger partial charge in [0.15, 0.2) is 0 Å². The van der Waals surface area contributed by atoms with Crippen molar-refractivity contribution in [3.8, 4) is 0 Å². The number of hydrogen-bond donors (Lipinski definition) is 1. The van der Waals surface area contributed by atoms with Crippen LogP contribution in [0, 0.1) is 0 Å². The quantitative estimate of drug-likeness (QED) is 0.880. The smallest absolute Gasteiger partial charge is 0.131 e. The predicted octanol–water partition coefficient (Wildman–Crippen LogP) is 1.68. The average Bonchev–Trinajstić information content (AvgIpc) is 2.89. The number of rotatable bonds is 3. The van der Waals surface area contributed by atoms with Gasteiger partial charge in [-0.2, -0.15) is 0 Å². The molecule has 0 bridgehead atoms. The van der Waals surface area contributed by atoms with Gasteiger partial charge in [0.1, 0.15) is 5.82 Å². The highest BCUT2D eigenvalue weighted by molar-refractivity contribution is 5.33. The van der Waals surface area contributed by atoms with Crippen molar-refractivity contribution in [1.82, 2.24) is 15.3 Å². The lowest BCUT2D eigenvalue weighted by Gasteiger charge is -2.12. The van der Waals surface area contributed by atoms with Crippen LogP contribution in [0.1, 0.15) is 54.4 Å². The van der Waals surface area contributed by atoms with Crippen molar-refractivity contribution in [2.45, 2.75) is 57.2 Å². The highest BCUT2D eigenvalue weighted by Crippen LogP contribution is 2.41. The van der Waals surface area contributed by atoms with E-state index in [1.165, 1.54) is 36.2 Å². The van der Waals surface area contributed by atoms with Gasteiger partial charge in [-0.15, -0.1) is 0 Å². The van der Waals surface area contributed by atoms with Crippen molar-refractivity contribution in [1.29, 1.82) is 0 Å². The Morgan fingerprint density at radius 1 is 1.17 bits per heavy atom. The summed E-state index contributed by atoms with van der Waals surface area (Å²) in [7, 11) is 0. The molecule has 1 aliphatic carbocycles. The zero-order valence-corrected chi connectivity index (χ0v) is 10.6. The predicted molar refractivity (Wildman–Crippen MR) is 67.2 cm³/mol. The van der Waals surface area contributed by atoms with Crippen LogP contribution < -0.4 is 5.32 Å². The summed E-state index contributed by atoms with van der Waals surface area (Å²) in [6.45, 7) is 2.78. The van der Waals surface area contributed by atoms with Crippen molar-refractivity contribution in [2.24, 2.45) is 0 Å². The Bertz CT molecular complexity index is 464.